The van der Waals surface area contributed by atoms with Gasteiger partial charge in [-0.1, -0.05) is 0 Å². The first kappa shape index (κ1) is 9.94. The number of hydrogen-bond acceptors (Lipinski definition) is 3. The zero-order chi connectivity index (χ0) is 8.69. The van der Waals surface area contributed by atoms with Gasteiger partial charge in [0, 0.05) is 7.05 Å². The van der Waals surface area contributed by atoms with E-state index in [1.165, 1.54) is 6.34 Å². The highest BCUT2D eigenvalue weighted by Crippen LogP contribution is 1.90. The fraction of sp³-hybridized carbons (Fsp3) is 0.500. The number of nitrogens with zero attached hydrogens (tertiary/aromatic N) is 2. The van der Waals surface area contributed by atoms with Gasteiger partial charge in [-0.3, -0.25) is 5.41 Å². The first-order valence-electron chi connectivity index (χ1n) is 3.07. The molecule has 0 unspecified atom stereocenters. The second-order valence-corrected chi connectivity index (χ2v) is 2.01. The number of aliphatic imine (C=N–C) groups is 2. The van der Waals surface area contributed by atoms with Crippen molar-refractivity contribution >= 4 is 29.6 Å². The quantitative estimate of drug-likeness (QED) is 0.372. The fourth-order valence-corrected chi connectivity index (χ4v) is 0.540. The van der Waals surface area contributed by atoms with Crippen molar-refractivity contribution in [3.63, 3.8) is 0 Å². The second kappa shape index (κ2) is 5.70. The molecular formula is C6H10N4S. The average molecular weight is 170 g/mol. The van der Waals surface area contributed by atoms with Crippen molar-refractivity contribution in [3.8, 4) is 0 Å². The van der Waals surface area contributed by atoms with Gasteiger partial charge in [-0.2, -0.15) is 0 Å². The molecule has 0 aliphatic heterocycles. The molecule has 0 fully saturated rings. The zero-order valence-electron chi connectivity index (χ0n) is 6.46. The number of thiocarbonyl (C=S) groups is 1. The van der Waals surface area contributed by atoms with Crippen molar-refractivity contribution in [1.82, 2.24) is 5.32 Å². The van der Waals surface area contributed by atoms with Gasteiger partial charge in [0.1, 0.15) is 11.9 Å². The first-order chi connectivity index (χ1) is 5.22. The minimum atomic E-state index is -0.308. The largest absolute Gasteiger partial charge is 0.379 e. The third kappa shape index (κ3) is 4.36. The molecule has 11 heavy (non-hydrogen) atoms. The van der Waals surface area contributed by atoms with Crippen LogP contribution in [0.1, 0.15) is 6.92 Å². The first-order valence-corrected chi connectivity index (χ1v) is 3.48. The summed E-state index contributed by atoms with van der Waals surface area (Å²) in [6.45, 7) is 1.73. The molecule has 0 aromatic heterocycles. The van der Waals surface area contributed by atoms with Crippen molar-refractivity contribution in [3.05, 3.63) is 0 Å². The van der Waals surface area contributed by atoms with Gasteiger partial charge in [0.15, 0.2) is 0 Å². The summed E-state index contributed by atoms with van der Waals surface area (Å²) in [5.41, 5.74) is 0. The Morgan fingerprint density at radius 3 is 2.91 bits per heavy atom. The smallest absolute Gasteiger partial charge is 0.147 e. The Balaban J connectivity index is 4.02. The van der Waals surface area contributed by atoms with Gasteiger partial charge in [-0.05, 0) is 19.1 Å². The lowest BCUT2D eigenvalue weighted by molar-refractivity contribution is 0.960. The zero-order valence-corrected chi connectivity index (χ0v) is 7.27. The third-order valence-corrected chi connectivity index (χ3v) is 1.08. The molecule has 1 atom stereocenters. The van der Waals surface area contributed by atoms with Gasteiger partial charge in [-0.15, -0.1) is 0 Å². The predicted molar refractivity (Wildman–Crippen MR) is 49.8 cm³/mol. The van der Waals surface area contributed by atoms with Crippen LogP contribution in [-0.4, -0.2) is 30.4 Å². The van der Waals surface area contributed by atoms with Crippen LogP contribution in [0.15, 0.2) is 9.98 Å². The van der Waals surface area contributed by atoms with E-state index in [4.69, 9.17) is 5.41 Å². The highest BCUT2D eigenvalue weighted by atomic mass is 32.1. The summed E-state index contributed by atoms with van der Waals surface area (Å²) < 4.78 is 0. The lowest BCUT2D eigenvalue weighted by Gasteiger charge is -1.98. The van der Waals surface area contributed by atoms with Crippen LogP contribution >= 0.6 is 12.2 Å². The number of rotatable bonds is 3. The summed E-state index contributed by atoms with van der Waals surface area (Å²) in [5, 5.41) is 12.2. The molecule has 0 amide bonds. The molecule has 0 spiro atoms. The van der Waals surface area contributed by atoms with Gasteiger partial charge in [-0.25, -0.2) is 9.98 Å². The average Bonchev–Trinajstić information content (AvgIpc) is 2.00. The highest BCUT2D eigenvalue weighted by Gasteiger charge is 2.02. The molecule has 0 saturated carbocycles. The number of amidine groups is 1. The Hall–Kier alpha value is -1.06. The van der Waals surface area contributed by atoms with Crippen LogP contribution in [0.25, 0.3) is 0 Å². The minimum absolute atomic E-state index is 0.164. The molecule has 2 N–H and O–H groups in total. The molecular weight excluding hydrogens is 160 g/mol. The molecule has 0 radical (unpaired) electrons. The van der Waals surface area contributed by atoms with Crippen LogP contribution in [0.5, 0.6) is 0 Å². The van der Waals surface area contributed by atoms with E-state index in [1.54, 1.807) is 14.0 Å². The lowest BCUT2D eigenvalue weighted by Crippen LogP contribution is -2.13. The second-order valence-electron chi connectivity index (χ2n) is 1.83. The predicted octanol–water partition coefficient (Wildman–Crippen LogP) is 0.703. The Morgan fingerprint density at radius 2 is 2.45 bits per heavy atom. The molecule has 60 valence electrons. The van der Waals surface area contributed by atoms with Gasteiger partial charge in [0.25, 0.3) is 0 Å². The van der Waals surface area contributed by atoms with Crippen LogP contribution in [-0.2, 0) is 0 Å². The van der Waals surface area contributed by atoms with E-state index in [2.05, 4.69) is 32.7 Å². The minimum Gasteiger partial charge on any atom is -0.379 e. The van der Waals surface area contributed by atoms with Gasteiger partial charge < -0.3 is 5.32 Å². The van der Waals surface area contributed by atoms with Crippen molar-refractivity contribution in [2.24, 2.45) is 9.98 Å². The monoisotopic (exact) mass is 170 g/mol. The van der Waals surface area contributed by atoms with E-state index in [-0.39, 0.29) is 11.9 Å². The normalized spacial score (nSPS) is 12.2. The molecule has 0 aromatic rings. The van der Waals surface area contributed by atoms with Crippen LogP contribution in [0.3, 0.4) is 0 Å². The van der Waals surface area contributed by atoms with E-state index < -0.39 is 0 Å². The lowest BCUT2D eigenvalue weighted by atomic mass is 10.3. The topological polar surface area (TPSA) is 60.6 Å². The van der Waals surface area contributed by atoms with Gasteiger partial charge in [0.05, 0.1) is 11.5 Å². The fourth-order valence-electron chi connectivity index (χ4n) is 0.382. The molecule has 0 aliphatic carbocycles. The van der Waals surface area contributed by atoms with Crippen molar-refractivity contribution in [2.75, 3.05) is 7.05 Å². The van der Waals surface area contributed by atoms with E-state index in [0.29, 0.717) is 0 Å². The summed E-state index contributed by atoms with van der Waals surface area (Å²) >= 11 is 4.38. The van der Waals surface area contributed by atoms with Crippen molar-refractivity contribution in [2.45, 2.75) is 13.0 Å². The van der Waals surface area contributed by atoms with Gasteiger partial charge >= 0.3 is 0 Å². The standard InChI is InChI=1S/C6H10N4S/c1-5(10-4-11)6(7)9-3-8-2/h3,5H,1-2H3,(H2,7,8,9)/t5-/m0/s1. The van der Waals surface area contributed by atoms with Crippen molar-refractivity contribution < 1.29 is 0 Å². The maximum Gasteiger partial charge on any atom is 0.147 e. The molecule has 5 heteroatoms. The summed E-state index contributed by atoms with van der Waals surface area (Å²) in [6.07, 6.45) is 1.43. The molecule has 0 saturated heterocycles. The third-order valence-electron chi connectivity index (χ3n) is 0.975. The Bertz CT molecular complexity index is 205. The van der Waals surface area contributed by atoms with E-state index in [1.807, 2.05) is 0 Å². The van der Waals surface area contributed by atoms with Crippen molar-refractivity contribution in [1.29, 1.82) is 5.41 Å². The Kier molecular flexibility index (Phi) is 5.15. The van der Waals surface area contributed by atoms with E-state index in [0.717, 1.165) is 0 Å². The highest BCUT2D eigenvalue weighted by molar-refractivity contribution is 7.78. The molecule has 0 bridgehead atoms. The number of nitrogens with one attached hydrogen (secondary N) is 2. The molecule has 0 aromatic carbocycles. The molecule has 0 heterocycles. The maximum absolute atomic E-state index is 7.28. The molecule has 4 nitrogen and oxygen atoms in total. The summed E-state index contributed by atoms with van der Waals surface area (Å²) in [5.74, 6) is 0.164. The summed E-state index contributed by atoms with van der Waals surface area (Å²) in [4.78, 5) is 7.40. The summed E-state index contributed by atoms with van der Waals surface area (Å²) in [7, 11) is 1.71. The van der Waals surface area contributed by atoms with E-state index >= 15 is 0 Å². The Morgan fingerprint density at radius 1 is 1.82 bits per heavy atom. The SMILES string of the molecule is CN/C=N\C(=N)[C@H](C)N=C=S. The van der Waals surface area contributed by atoms with Crippen LogP contribution in [0, 0.1) is 5.41 Å². The van der Waals surface area contributed by atoms with Crippen LogP contribution in [0.2, 0.25) is 0 Å². The number of hydrogen-bond donors (Lipinski definition) is 2. The van der Waals surface area contributed by atoms with Gasteiger partial charge in [0.2, 0.25) is 0 Å². The van der Waals surface area contributed by atoms with E-state index in [9.17, 15) is 0 Å². The summed E-state index contributed by atoms with van der Waals surface area (Å²) in [6, 6.07) is -0.308. The maximum atomic E-state index is 7.28. The Labute approximate surface area is 70.9 Å². The molecule has 0 rings (SSSR count). The van der Waals surface area contributed by atoms with Crippen LogP contribution < -0.4 is 5.32 Å². The molecule has 0 aliphatic rings. The van der Waals surface area contributed by atoms with Crippen LogP contribution in [0.4, 0.5) is 0 Å². The number of isothiocyanates is 1.